The summed E-state index contributed by atoms with van der Waals surface area (Å²) in [4.78, 5) is 10.5. The topological polar surface area (TPSA) is 74.7 Å². The summed E-state index contributed by atoms with van der Waals surface area (Å²) in [5.41, 5.74) is 0. The number of carboxylic acid groups (broad SMARTS) is 1. The number of sulfonamides is 1. The fourth-order valence-electron chi connectivity index (χ4n) is 1.47. The van der Waals surface area contributed by atoms with Crippen LogP contribution in [0.4, 0.5) is 4.39 Å². The highest BCUT2D eigenvalue weighted by molar-refractivity contribution is 7.89. The summed E-state index contributed by atoms with van der Waals surface area (Å²) >= 11 is 5.53. The lowest BCUT2D eigenvalue weighted by Crippen LogP contribution is -2.36. The Morgan fingerprint density at radius 2 is 2.11 bits per heavy atom. The van der Waals surface area contributed by atoms with Crippen LogP contribution in [0, 0.1) is 5.82 Å². The number of benzene rings is 1. The van der Waals surface area contributed by atoms with Crippen molar-refractivity contribution in [2.75, 3.05) is 13.1 Å². The molecule has 0 unspecified atom stereocenters. The summed E-state index contributed by atoms with van der Waals surface area (Å²) in [6, 6.07) is 2.96. The normalized spacial score (nSPS) is 11.8. The van der Waals surface area contributed by atoms with Crippen molar-refractivity contribution < 1.29 is 22.7 Å². The first kappa shape index (κ1) is 15.9. The van der Waals surface area contributed by atoms with E-state index in [-0.39, 0.29) is 16.5 Å². The number of carbonyl (C=O) groups is 1. The van der Waals surface area contributed by atoms with Crippen LogP contribution in [-0.4, -0.2) is 36.9 Å². The summed E-state index contributed by atoms with van der Waals surface area (Å²) in [5.74, 6) is -1.99. The first-order chi connectivity index (χ1) is 8.78. The van der Waals surface area contributed by atoms with Crippen LogP contribution < -0.4 is 0 Å². The maximum absolute atomic E-state index is 13.0. The summed E-state index contributed by atoms with van der Waals surface area (Å²) < 4.78 is 38.2. The van der Waals surface area contributed by atoms with Crippen molar-refractivity contribution in [2.24, 2.45) is 0 Å². The van der Waals surface area contributed by atoms with E-state index >= 15 is 0 Å². The number of halogens is 2. The van der Waals surface area contributed by atoms with Crippen LogP contribution in [0.3, 0.4) is 0 Å². The number of rotatable bonds is 6. The van der Waals surface area contributed by atoms with Gasteiger partial charge in [0.1, 0.15) is 12.4 Å². The molecule has 0 heterocycles. The lowest BCUT2D eigenvalue weighted by atomic mass is 10.3. The molecule has 0 aliphatic heterocycles. The van der Waals surface area contributed by atoms with Gasteiger partial charge in [0.05, 0.1) is 9.92 Å². The minimum atomic E-state index is -4.00. The van der Waals surface area contributed by atoms with Crippen LogP contribution in [0.15, 0.2) is 23.1 Å². The van der Waals surface area contributed by atoms with E-state index in [1.165, 1.54) is 0 Å². The molecule has 0 bridgehead atoms. The lowest BCUT2D eigenvalue weighted by molar-refractivity contribution is -0.137. The molecule has 5 nitrogen and oxygen atoms in total. The van der Waals surface area contributed by atoms with Crippen molar-refractivity contribution in [3.05, 3.63) is 29.0 Å². The largest absolute Gasteiger partial charge is 0.480 e. The van der Waals surface area contributed by atoms with E-state index in [2.05, 4.69) is 0 Å². The number of aliphatic carboxylic acids is 1. The Balaban J connectivity index is 3.18. The Morgan fingerprint density at radius 3 is 2.58 bits per heavy atom. The molecular formula is C11H13ClFNO4S. The van der Waals surface area contributed by atoms with Gasteiger partial charge in [0.15, 0.2) is 0 Å². The molecule has 19 heavy (non-hydrogen) atoms. The average Bonchev–Trinajstić information content (AvgIpc) is 2.31. The molecule has 8 heteroatoms. The predicted molar refractivity (Wildman–Crippen MR) is 68.1 cm³/mol. The second kappa shape index (κ2) is 6.31. The Labute approximate surface area is 115 Å². The van der Waals surface area contributed by atoms with Gasteiger partial charge in [-0.2, -0.15) is 4.31 Å². The van der Waals surface area contributed by atoms with Gasteiger partial charge in [-0.1, -0.05) is 18.5 Å². The van der Waals surface area contributed by atoms with E-state index in [4.69, 9.17) is 16.7 Å². The molecule has 0 spiro atoms. The van der Waals surface area contributed by atoms with E-state index in [9.17, 15) is 17.6 Å². The van der Waals surface area contributed by atoms with Gasteiger partial charge < -0.3 is 5.11 Å². The van der Waals surface area contributed by atoms with Crippen LogP contribution in [0.5, 0.6) is 0 Å². The molecule has 0 aliphatic rings. The number of hydrogen-bond donors (Lipinski definition) is 1. The van der Waals surface area contributed by atoms with Gasteiger partial charge in [0, 0.05) is 6.54 Å². The molecule has 0 atom stereocenters. The summed E-state index contributed by atoms with van der Waals surface area (Å²) in [6.45, 7) is 1.14. The van der Waals surface area contributed by atoms with Crippen LogP contribution in [-0.2, 0) is 14.8 Å². The molecule has 1 N–H and O–H groups in total. The van der Waals surface area contributed by atoms with Gasteiger partial charge in [0.25, 0.3) is 0 Å². The van der Waals surface area contributed by atoms with Gasteiger partial charge >= 0.3 is 5.97 Å². The minimum Gasteiger partial charge on any atom is -0.480 e. The van der Waals surface area contributed by atoms with E-state index in [0.29, 0.717) is 6.42 Å². The van der Waals surface area contributed by atoms with E-state index in [0.717, 1.165) is 22.5 Å². The molecule has 0 radical (unpaired) electrons. The van der Waals surface area contributed by atoms with E-state index < -0.39 is 28.4 Å². The zero-order valence-corrected chi connectivity index (χ0v) is 11.7. The Hall–Kier alpha value is -1.18. The summed E-state index contributed by atoms with van der Waals surface area (Å²) in [5, 5.41) is 8.40. The fraction of sp³-hybridized carbons (Fsp3) is 0.364. The first-order valence-corrected chi connectivity index (χ1v) is 7.27. The van der Waals surface area contributed by atoms with Crippen LogP contribution >= 0.6 is 11.6 Å². The third kappa shape index (κ3) is 3.89. The maximum atomic E-state index is 13.0. The Bertz CT molecular complexity index is 576. The van der Waals surface area contributed by atoms with Gasteiger partial charge in [-0.05, 0) is 24.6 Å². The molecule has 0 fully saturated rings. The Morgan fingerprint density at radius 1 is 1.47 bits per heavy atom. The van der Waals surface area contributed by atoms with Crippen molar-refractivity contribution in [3.8, 4) is 0 Å². The average molecular weight is 310 g/mol. The standard InChI is InChI=1S/C11H13ClFNO4S/c1-2-5-14(7-11(15)16)19(17,18)8-3-4-10(13)9(12)6-8/h3-4,6H,2,5,7H2,1H3,(H,15,16). The molecule has 0 aliphatic carbocycles. The van der Waals surface area contributed by atoms with Crippen molar-refractivity contribution in [2.45, 2.75) is 18.2 Å². The molecule has 0 saturated heterocycles. The Kier molecular flexibility index (Phi) is 5.28. The number of hydrogen-bond acceptors (Lipinski definition) is 3. The highest BCUT2D eigenvalue weighted by atomic mass is 35.5. The number of carboxylic acids is 1. The SMILES string of the molecule is CCCN(CC(=O)O)S(=O)(=O)c1ccc(F)c(Cl)c1. The van der Waals surface area contributed by atoms with E-state index in [1.807, 2.05) is 0 Å². The van der Waals surface area contributed by atoms with Gasteiger partial charge in [0.2, 0.25) is 10.0 Å². The van der Waals surface area contributed by atoms with Gasteiger partial charge in [-0.3, -0.25) is 4.79 Å². The molecule has 1 rings (SSSR count). The van der Waals surface area contributed by atoms with Gasteiger partial charge in [-0.15, -0.1) is 0 Å². The molecule has 0 aromatic heterocycles. The molecule has 0 saturated carbocycles. The monoisotopic (exact) mass is 309 g/mol. The van der Waals surface area contributed by atoms with Gasteiger partial charge in [-0.25, -0.2) is 12.8 Å². The smallest absolute Gasteiger partial charge is 0.318 e. The molecule has 106 valence electrons. The quantitative estimate of drug-likeness (QED) is 0.871. The van der Waals surface area contributed by atoms with Crippen LogP contribution in [0.25, 0.3) is 0 Å². The lowest BCUT2D eigenvalue weighted by Gasteiger charge is -2.19. The first-order valence-electron chi connectivity index (χ1n) is 5.46. The molecule has 0 amide bonds. The molecule has 1 aromatic rings. The van der Waals surface area contributed by atoms with Crippen LogP contribution in [0.2, 0.25) is 5.02 Å². The zero-order chi connectivity index (χ0) is 14.6. The molecule has 1 aromatic carbocycles. The minimum absolute atomic E-state index is 0.0592. The highest BCUT2D eigenvalue weighted by Gasteiger charge is 2.26. The van der Waals surface area contributed by atoms with Crippen molar-refractivity contribution in [1.29, 1.82) is 0 Å². The van der Waals surface area contributed by atoms with E-state index in [1.54, 1.807) is 6.92 Å². The van der Waals surface area contributed by atoms with Crippen molar-refractivity contribution >= 4 is 27.6 Å². The van der Waals surface area contributed by atoms with Crippen molar-refractivity contribution in [1.82, 2.24) is 4.31 Å². The van der Waals surface area contributed by atoms with Crippen LogP contribution in [0.1, 0.15) is 13.3 Å². The maximum Gasteiger partial charge on any atom is 0.318 e. The number of nitrogens with zero attached hydrogens (tertiary/aromatic N) is 1. The third-order valence-corrected chi connectivity index (χ3v) is 4.44. The second-order valence-corrected chi connectivity index (χ2v) is 6.15. The molecular weight excluding hydrogens is 297 g/mol. The third-order valence-electron chi connectivity index (χ3n) is 2.31. The predicted octanol–water partition coefficient (Wildman–Crippen LogP) is 1.96. The van der Waals surface area contributed by atoms with Crippen molar-refractivity contribution in [3.63, 3.8) is 0 Å². The summed E-state index contributed by atoms with van der Waals surface area (Å²) in [6.07, 6.45) is 0.460. The zero-order valence-electron chi connectivity index (χ0n) is 10.1. The second-order valence-electron chi connectivity index (χ2n) is 3.81. The summed E-state index contributed by atoms with van der Waals surface area (Å²) in [7, 11) is -4.00. The fourth-order valence-corrected chi connectivity index (χ4v) is 3.22. The highest BCUT2D eigenvalue weighted by Crippen LogP contribution is 2.22.